The number of anilines is 1. The molecule has 1 saturated heterocycles. The zero-order valence-corrected chi connectivity index (χ0v) is 15.4. The minimum absolute atomic E-state index is 0.200. The number of carbonyl (C=O) groups is 1. The predicted octanol–water partition coefficient (Wildman–Crippen LogP) is 2.17. The molecule has 24 heavy (non-hydrogen) atoms. The molecule has 1 fully saturated rings. The molecule has 1 aliphatic heterocycles. The van der Waals surface area contributed by atoms with E-state index in [0.29, 0.717) is 18.8 Å². The van der Waals surface area contributed by atoms with E-state index in [1.807, 2.05) is 20.8 Å². The largest absolute Gasteiger partial charge is 0.325 e. The summed E-state index contributed by atoms with van der Waals surface area (Å²) in [6.07, 6.45) is 2.83. The Morgan fingerprint density at radius 3 is 2.42 bits per heavy atom. The van der Waals surface area contributed by atoms with Gasteiger partial charge in [0.1, 0.15) is 0 Å². The Kier molecular flexibility index (Phi) is 5.67. The second kappa shape index (κ2) is 7.21. The number of nitrogens with one attached hydrogen (secondary N) is 1. The summed E-state index contributed by atoms with van der Waals surface area (Å²) in [4.78, 5) is 12.4. The summed E-state index contributed by atoms with van der Waals surface area (Å²) in [7, 11) is -3.52. The third kappa shape index (κ3) is 4.34. The molecule has 6 nitrogen and oxygen atoms in total. The van der Waals surface area contributed by atoms with Gasteiger partial charge >= 0.3 is 0 Å². The molecule has 134 valence electrons. The van der Waals surface area contributed by atoms with Crippen molar-refractivity contribution in [3.8, 4) is 0 Å². The number of hydrogen-bond acceptors (Lipinski definition) is 4. The van der Waals surface area contributed by atoms with Crippen LogP contribution < -0.4 is 11.1 Å². The van der Waals surface area contributed by atoms with E-state index in [1.165, 1.54) is 10.4 Å². The van der Waals surface area contributed by atoms with Gasteiger partial charge in [-0.1, -0.05) is 33.3 Å². The van der Waals surface area contributed by atoms with E-state index < -0.39 is 16.1 Å². The van der Waals surface area contributed by atoms with Crippen molar-refractivity contribution >= 4 is 21.6 Å². The third-order valence-electron chi connectivity index (χ3n) is 4.27. The molecular formula is C17H27N3O3S. The lowest BCUT2D eigenvalue weighted by atomic mass is 9.87. The van der Waals surface area contributed by atoms with Crippen molar-refractivity contribution in [1.82, 2.24) is 4.31 Å². The molecule has 2 rings (SSSR count). The average molecular weight is 353 g/mol. The van der Waals surface area contributed by atoms with Crippen LogP contribution in [-0.4, -0.2) is 37.8 Å². The fraction of sp³-hybridized carbons (Fsp3) is 0.588. The number of hydrogen-bond donors (Lipinski definition) is 2. The van der Waals surface area contributed by atoms with E-state index in [-0.39, 0.29) is 16.2 Å². The maximum Gasteiger partial charge on any atom is 0.243 e. The molecule has 7 heteroatoms. The van der Waals surface area contributed by atoms with Crippen LogP contribution in [0.4, 0.5) is 5.69 Å². The average Bonchev–Trinajstić information content (AvgIpc) is 2.54. The Labute approximate surface area is 144 Å². The van der Waals surface area contributed by atoms with E-state index in [9.17, 15) is 13.2 Å². The molecule has 0 spiro atoms. The molecular weight excluding hydrogens is 326 g/mol. The van der Waals surface area contributed by atoms with E-state index in [4.69, 9.17) is 5.73 Å². The third-order valence-corrected chi connectivity index (χ3v) is 6.16. The molecule has 1 aliphatic rings. The van der Waals surface area contributed by atoms with Crippen LogP contribution in [-0.2, 0) is 14.8 Å². The molecule has 1 amide bonds. The summed E-state index contributed by atoms with van der Waals surface area (Å²) in [6.45, 7) is 6.75. The normalized spacial score (nSPS) is 18.2. The van der Waals surface area contributed by atoms with Gasteiger partial charge < -0.3 is 11.1 Å². The molecule has 0 aromatic heterocycles. The van der Waals surface area contributed by atoms with E-state index in [2.05, 4.69) is 5.32 Å². The highest BCUT2D eigenvalue weighted by Gasteiger charge is 2.29. The Hall–Kier alpha value is -1.44. The highest BCUT2D eigenvalue weighted by molar-refractivity contribution is 7.89. The molecule has 1 aromatic rings. The standard InChI is InChI=1S/C17H27N3O3S/c1-17(2,3)15(18)16(21)19-13-8-7-9-14(12-13)24(22,23)20-10-5-4-6-11-20/h7-9,12,15H,4-6,10-11,18H2,1-3H3,(H,19,21)/t15-/m1/s1. The number of piperidine rings is 1. The highest BCUT2D eigenvalue weighted by atomic mass is 32.2. The number of sulfonamides is 1. The molecule has 0 saturated carbocycles. The SMILES string of the molecule is CC(C)(C)[C@H](N)C(=O)Nc1cccc(S(=O)(=O)N2CCCCC2)c1. The monoisotopic (exact) mass is 353 g/mol. The van der Waals surface area contributed by atoms with Crippen molar-refractivity contribution in [2.45, 2.75) is 51.0 Å². The van der Waals surface area contributed by atoms with Crippen LogP contribution in [0.25, 0.3) is 0 Å². The summed E-state index contributed by atoms with van der Waals surface area (Å²) in [5.74, 6) is -0.324. The minimum Gasteiger partial charge on any atom is -0.325 e. The summed E-state index contributed by atoms with van der Waals surface area (Å²) in [5.41, 5.74) is 6.01. The van der Waals surface area contributed by atoms with Gasteiger partial charge in [0.2, 0.25) is 15.9 Å². The van der Waals surface area contributed by atoms with Crippen LogP contribution in [0, 0.1) is 5.41 Å². The van der Waals surface area contributed by atoms with Crippen molar-refractivity contribution < 1.29 is 13.2 Å². The number of amides is 1. The van der Waals surface area contributed by atoms with Gasteiger partial charge in [0.15, 0.2) is 0 Å². The maximum atomic E-state index is 12.7. The lowest BCUT2D eigenvalue weighted by molar-refractivity contribution is -0.119. The van der Waals surface area contributed by atoms with Crippen LogP contribution in [0.2, 0.25) is 0 Å². The second-order valence-corrected chi connectivity index (χ2v) is 9.26. The van der Waals surface area contributed by atoms with Crippen molar-refractivity contribution in [2.24, 2.45) is 11.1 Å². The van der Waals surface area contributed by atoms with Gasteiger partial charge in [-0.2, -0.15) is 4.31 Å². The van der Waals surface area contributed by atoms with Gasteiger partial charge in [-0.3, -0.25) is 4.79 Å². The lowest BCUT2D eigenvalue weighted by Crippen LogP contribution is -2.45. The molecule has 0 unspecified atom stereocenters. The Morgan fingerprint density at radius 2 is 1.83 bits per heavy atom. The van der Waals surface area contributed by atoms with Gasteiger partial charge in [0, 0.05) is 18.8 Å². The summed E-state index contributed by atoms with van der Waals surface area (Å²) >= 11 is 0. The smallest absolute Gasteiger partial charge is 0.243 e. The van der Waals surface area contributed by atoms with Gasteiger partial charge in [0.25, 0.3) is 0 Å². The van der Waals surface area contributed by atoms with Crippen LogP contribution >= 0.6 is 0 Å². The van der Waals surface area contributed by atoms with Gasteiger partial charge in [-0.15, -0.1) is 0 Å². The fourth-order valence-electron chi connectivity index (χ4n) is 2.60. The van der Waals surface area contributed by atoms with Gasteiger partial charge in [-0.05, 0) is 36.5 Å². The van der Waals surface area contributed by atoms with Crippen LogP contribution in [0.1, 0.15) is 40.0 Å². The van der Waals surface area contributed by atoms with Gasteiger partial charge in [0.05, 0.1) is 10.9 Å². The van der Waals surface area contributed by atoms with E-state index in [0.717, 1.165) is 19.3 Å². The highest BCUT2D eigenvalue weighted by Crippen LogP contribution is 2.24. The first-order valence-corrected chi connectivity index (χ1v) is 9.73. The van der Waals surface area contributed by atoms with Crippen molar-refractivity contribution in [3.05, 3.63) is 24.3 Å². The zero-order chi connectivity index (χ0) is 18.0. The Balaban J connectivity index is 2.18. The van der Waals surface area contributed by atoms with Crippen LogP contribution in [0.15, 0.2) is 29.2 Å². The van der Waals surface area contributed by atoms with Crippen LogP contribution in [0.5, 0.6) is 0 Å². The summed E-state index contributed by atoms with van der Waals surface area (Å²) < 4.78 is 26.9. The molecule has 0 radical (unpaired) electrons. The number of rotatable bonds is 4. The number of nitrogens with two attached hydrogens (primary N) is 1. The van der Waals surface area contributed by atoms with Crippen molar-refractivity contribution in [3.63, 3.8) is 0 Å². The predicted molar refractivity (Wildman–Crippen MR) is 95.1 cm³/mol. The Bertz CT molecular complexity index is 689. The molecule has 0 bridgehead atoms. The molecule has 3 N–H and O–H groups in total. The number of carbonyl (C=O) groups excluding carboxylic acids is 1. The molecule has 1 heterocycles. The maximum absolute atomic E-state index is 12.7. The zero-order valence-electron chi connectivity index (χ0n) is 14.6. The summed E-state index contributed by atoms with van der Waals surface area (Å²) in [5, 5.41) is 2.72. The second-order valence-electron chi connectivity index (χ2n) is 7.33. The lowest BCUT2D eigenvalue weighted by Gasteiger charge is -2.27. The van der Waals surface area contributed by atoms with Crippen LogP contribution in [0.3, 0.4) is 0 Å². The van der Waals surface area contributed by atoms with Crippen molar-refractivity contribution in [2.75, 3.05) is 18.4 Å². The molecule has 1 aromatic carbocycles. The first kappa shape index (κ1) is 18.9. The first-order valence-electron chi connectivity index (χ1n) is 8.29. The molecule has 1 atom stereocenters. The topological polar surface area (TPSA) is 92.5 Å². The minimum atomic E-state index is -3.52. The van der Waals surface area contributed by atoms with Gasteiger partial charge in [-0.25, -0.2) is 8.42 Å². The van der Waals surface area contributed by atoms with E-state index in [1.54, 1.807) is 18.2 Å². The fourth-order valence-corrected chi connectivity index (χ4v) is 4.17. The summed E-state index contributed by atoms with van der Waals surface area (Å²) in [6, 6.07) is 5.68. The van der Waals surface area contributed by atoms with Crippen molar-refractivity contribution in [1.29, 1.82) is 0 Å². The Morgan fingerprint density at radius 1 is 1.21 bits per heavy atom. The van der Waals surface area contributed by atoms with E-state index >= 15 is 0 Å². The first-order chi connectivity index (χ1) is 11.1. The molecule has 0 aliphatic carbocycles. The number of benzene rings is 1. The quantitative estimate of drug-likeness (QED) is 0.868. The number of nitrogens with zero attached hydrogens (tertiary/aromatic N) is 1.